The molecule has 4 heteroatoms. The standard InChI is InChI=1S/C25H26O4/c1-5-23(26)28-13-11-17-7-9-19-20-10-8-18(12-14-29-24(27)6-2)16-22(20)25(3,4)21(19)15-17/h5-10,15-16H,1-2,11-14H2,3-4H3. The molecule has 4 nitrogen and oxygen atoms in total. The predicted octanol–water partition coefficient (Wildman–Crippen LogP) is 4.54. The molecule has 2 aromatic rings. The summed E-state index contributed by atoms with van der Waals surface area (Å²) >= 11 is 0. The van der Waals surface area contributed by atoms with Crippen molar-refractivity contribution in [2.45, 2.75) is 32.1 Å². The number of rotatable bonds is 8. The molecule has 0 aromatic heterocycles. The van der Waals surface area contributed by atoms with Crippen LogP contribution >= 0.6 is 0 Å². The number of ether oxygens (including phenoxy) is 2. The summed E-state index contributed by atoms with van der Waals surface area (Å²) < 4.78 is 10.2. The molecule has 0 fully saturated rings. The van der Waals surface area contributed by atoms with E-state index >= 15 is 0 Å². The van der Waals surface area contributed by atoms with E-state index in [2.05, 4.69) is 63.4 Å². The minimum Gasteiger partial charge on any atom is -0.462 e. The summed E-state index contributed by atoms with van der Waals surface area (Å²) in [5.41, 5.74) is 7.16. The van der Waals surface area contributed by atoms with E-state index in [1.165, 1.54) is 34.4 Å². The van der Waals surface area contributed by atoms with Crippen LogP contribution in [0.2, 0.25) is 0 Å². The third-order valence-corrected chi connectivity index (χ3v) is 5.41. The van der Waals surface area contributed by atoms with Crippen molar-refractivity contribution >= 4 is 11.9 Å². The van der Waals surface area contributed by atoms with Crippen molar-refractivity contribution in [1.82, 2.24) is 0 Å². The van der Waals surface area contributed by atoms with Gasteiger partial charge in [0.2, 0.25) is 0 Å². The average Bonchev–Trinajstić information content (AvgIpc) is 2.94. The van der Waals surface area contributed by atoms with Crippen molar-refractivity contribution in [1.29, 1.82) is 0 Å². The molecule has 0 atom stereocenters. The Balaban J connectivity index is 1.78. The molecule has 0 amide bonds. The van der Waals surface area contributed by atoms with E-state index in [1.807, 2.05) is 0 Å². The Kier molecular flexibility index (Phi) is 6.02. The van der Waals surface area contributed by atoms with Crippen LogP contribution in [-0.4, -0.2) is 25.2 Å². The molecule has 0 saturated heterocycles. The van der Waals surface area contributed by atoms with Crippen LogP contribution in [0.25, 0.3) is 11.1 Å². The van der Waals surface area contributed by atoms with Crippen LogP contribution in [0.4, 0.5) is 0 Å². The first-order valence-corrected chi connectivity index (χ1v) is 9.72. The summed E-state index contributed by atoms with van der Waals surface area (Å²) in [5.74, 6) is -0.796. The Morgan fingerprint density at radius 2 is 1.24 bits per heavy atom. The van der Waals surface area contributed by atoms with E-state index in [0.717, 1.165) is 11.1 Å². The SMILES string of the molecule is C=CC(=O)OCCc1ccc2c(c1)C(C)(C)c1cc(CCOC(=O)C=C)ccc1-2. The maximum Gasteiger partial charge on any atom is 0.330 e. The Hall–Kier alpha value is -3.14. The number of carbonyl (C=O) groups is 2. The number of hydrogen-bond donors (Lipinski definition) is 0. The zero-order valence-corrected chi connectivity index (χ0v) is 17.0. The summed E-state index contributed by atoms with van der Waals surface area (Å²) in [5, 5.41) is 0. The molecule has 3 rings (SSSR count). The molecule has 0 saturated carbocycles. The third kappa shape index (κ3) is 4.32. The van der Waals surface area contributed by atoms with Gasteiger partial charge in [0.25, 0.3) is 0 Å². The number of esters is 2. The van der Waals surface area contributed by atoms with Crippen LogP contribution in [0, 0.1) is 0 Å². The maximum absolute atomic E-state index is 11.2. The van der Waals surface area contributed by atoms with E-state index in [-0.39, 0.29) is 5.41 Å². The van der Waals surface area contributed by atoms with E-state index < -0.39 is 11.9 Å². The second-order valence-corrected chi connectivity index (χ2v) is 7.63. The Labute approximate surface area is 171 Å². The molecular formula is C25H26O4. The fraction of sp³-hybridized carbons (Fsp3) is 0.280. The monoisotopic (exact) mass is 390 g/mol. The molecule has 0 heterocycles. The topological polar surface area (TPSA) is 52.6 Å². The lowest BCUT2D eigenvalue weighted by atomic mass is 9.81. The van der Waals surface area contributed by atoms with Crippen LogP contribution in [-0.2, 0) is 37.3 Å². The Bertz CT molecular complexity index is 891. The van der Waals surface area contributed by atoms with Gasteiger partial charge in [-0.2, -0.15) is 0 Å². The molecule has 1 aliphatic carbocycles. The summed E-state index contributed by atoms with van der Waals surface area (Å²) in [4.78, 5) is 22.5. The summed E-state index contributed by atoms with van der Waals surface area (Å²) in [7, 11) is 0. The van der Waals surface area contributed by atoms with E-state index in [1.54, 1.807) is 0 Å². The van der Waals surface area contributed by atoms with Crippen LogP contribution in [0.5, 0.6) is 0 Å². The predicted molar refractivity (Wildman–Crippen MR) is 114 cm³/mol. The summed E-state index contributed by atoms with van der Waals surface area (Å²) in [6.07, 6.45) is 3.69. The third-order valence-electron chi connectivity index (χ3n) is 5.41. The molecule has 0 spiro atoms. The molecule has 150 valence electrons. The van der Waals surface area contributed by atoms with Crippen molar-refractivity contribution in [3.63, 3.8) is 0 Å². The Morgan fingerprint density at radius 3 is 1.62 bits per heavy atom. The zero-order valence-electron chi connectivity index (χ0n) is 17.0. The fourth-order valence-electron chi connectivity index (χ4n) is 3.80. The summed E-state index contributed by atoms with van der Waals surface area (Å²) in [6.45, 7) is 11.9. The van der Waals surface area contributed by atoms with Gasteiger partial charge in [0, 0.05) is 30.4 Å². The van der Waals surface area contributed by atoms with Crippen LogP contribution in [0.15, 0.2) is 61.7 Å². The van der Waals surface area contributed by atoms with Gasteiger partial charge < -0.3 is 9.47 Å². The normalized spacial score (nSPS) is 13.2. The molecular weight excluding hydrogens is 364 g/mol. The molecule has 0 aliphatic heterocycles. The van der Waals surface area contributed by atoms with Crippen LogP contribution < -0.4 is 0 Å². The molecule has 0 unspecified atom stereocenters. The van der Waals surface area contributed by atoms with Gasteiger partial charge in [0.05, 0.1) is 13.2 Å². The highest BCUT2D eigenvalue weighted by Crippen LogP contribution is 2.49. The molecule has 1 aliphatic rings. The molecule has 0 N–H and O–H groups in total. The number of benzene rings is 2. The van der Waals surface area contributed by atoms with Gasteiger partial charge in [-0.05, 0) is 33.4 Å². The van der Waals surface area contributed by atoms with Gasteiger partial charge >= 0.3 is 11.9 Å². The highest BCUT2D eigenvalue weighted by molar-refractivity contribution is 5.82. The van der Waals surface area contributed by atoms with Gasteiger partial charge in [-0.3, -0.25) is 0 Å². The minimum absolute atomic E-state index is 0.133. The van der Waals surface area contributed by atoms with Crippen molar-refractivity contribution in [3.8, 4) is 11.1 Å². The van der Waals surface area contributed by atoms with Crippen molar-refractivity contribution in [2.24, 2.45) is 0 Å². The maximum atomic E-state index is 11.2. The van der Waals surface area contributed by atoms with Gasteiger partial charge in [-0.15, -0.1) is 0 Å². The highest BCUT2D eigenvalue weighted by Gasteiger charge is 2.35. The first kappa shape index (κ1) is 20.6. The molecule has 29 heavy (non-hydrogen) atoms. The van der Waals surface area contributed by atoms with Crippen molar-refractivity contribution < 1.29 is 19.1 Å². The van der Waals surface area contributed by atoms with Crippen molar-refractivity contribution in [2.75, 3.05) is 13.2 Å². The Morgan fingerprint density at radius 1 is 0.828 bits per heavy atom. The fourth-order valence-corrected chi connectivity index (χ4v) is 3.80. The number of carbonyl (C=O) groups excluding carboxylic acids is 2. The second kappa shape index (κ2) is 8.48. The quantitative estimate of drug-likeness (QED) is 0.491. The van der Waals surface area contributed by atoms with Gasteiger partial charge in [-0.1, -0.05) is 63.4 Å². The molecule has 2 aromatic carbocycles. The smallest absolute Gasteiger partial charge is 0.330 e. The van der Waals surface area contributed by atoms with Gasteiger partial charge in [0.15, 0.2) is 0 Å². The van der Waals surface area contributed by atoms with Crippen molar-refractivity contribution in [3.05, 3.63) is 84.0 Å². The van der Waals surface area contributed by atoms with E-state index in [9.17, 15) is 9.59 Å². The lowest BCUT2D eigenvalue weighted by molar-refractivity contribution is -0.138. The first-order valence-electron chi connectivity index (χ1n) is 9.72. The minimum atomic E-state index is -0.398. The van der Waals surface area contributed by atoms with Crippen LogP contribution in [0.3, 0.4) is 0 Å². The summed E-state index contributed by atoms with van der Waals surface area (Å²) in [6, 6.07) is 12.9. The molecule has 0 radical (unpaired) electrons. The van der Waals surface area contributed by atoms with E-state index in [4.69, 9.17) is 9.47 Å². The van der Waals surface area contributed by atoms with Gasteiger partial charge in [0.1, 0.15) is 0 Å². The lowest BCUT2D eigenvalue weighted by Crippen LogP contribution is -2.16. The van der Waals surface area contributed by atoms with Crippen LogP contribution in [0.1, 0.15) is 36.1 Å². The lowest BCUT2D eigenvalue weighted by Gasteiger charge is -2.22. The molecule has 0 bridgehead atoms. The number of hydrogen-bond acceptors (Lipinski definition) is 4. The highest BCUT2D eigenvalue weighted by atomic mass is 16.5. The van der Waals surface area contributed by atoms with E-state index in [0.29, 0.717) is 26.1 Å². The average molecular weight is 390 g/mol. The zero-order chi connectivity index (χ0) is 21.0. The van der Waals surface area contributed by atoms with Gasteiger partial charge in [-0.25, -0.2) is 9.59 Å². The first-order chi connectivity index (χ1) is 13.9. The second-order valence-electron chi connectivity index (χ2n) is 7.63. The largest absolute Gasteiger partial charge is 0.462 e. The number of fused-ring (bicyclic) bond motifs is 3.